The molecule has 2 rings (SSSR count). The number of hydrogen-bond acceptors (Lipinski definition) is 3. The number of benzene rings is 2. The second-order valence-corrected chi connectivity index (χ2v) is 4.85. The summed E-state index contributed by atoms with van der Waals surface area (Å²) < 4.78 is 11.0. The van der Waals surface area contributed by atoms with E-state index in [4.69, 9.17) is 9.47 Å². The highest BCUT2D eigenvalue weighted by Gasteiger charge is 2.09. The van der Waals surface area contributed by atoms with Gasteiger partial charge in [-0.2, -0.15) is 0 Å². The zero-order valence-corrected chi connectivity index (χ0v) is 12.1. The van der Waals surface area contributed by atoms with Gasteiger partial charge in [-0.25, -0.2) is 0 Å². The monoisotopic (exact) mass is 272 g/mol. The van der Waals surface area contributed by atoms with Crippen LogP contribution in [0.3, 0.4) is 0 Å². The molecule has 1 N–H and O–H groups in total. The van der Waals surface area contributed by atoms with Crippen molar-refractivity contribution in [3.05, 3.63) is 59.2 Å². The van der Waals surface area contributed by atoms with Crippen molar-refractivity contribution >= 4 is 0 Å². The Morgan fingerprint density at radius 2 is 1.80 bits per heavy atom. The second-order valence-electron chi connectivity index (χ2n) is 4.85. The minimum absolute atomic E-state index is 0.465. The maximum Gasteiger partial charge on any atom is 0.125 e. The van der Waals surface area contributed by atoms with Crippen molar-refractivity contribution in [2.24, 2.45) is 0 Å². The lowest BCUT2D eigenvalue weighted by Crippen LogP contribution is -2.01. The number of rotatable bonds is 5. The largest absolute Gasteiger partial charge is 0.497 e. The summed E-state index contributed by atoms with van der Waals surface area (Å²) in [6.45, 7) is 4.21. The highest BCUT2D eigenvalue weighted by molar-refractivity contribution is 5.38. The molecule has 106 valence electrons. The first kappa shape index (κ1) is 14.4. The van der Waals surface area contributed by atoms with Gasteiger partial charge in [0.1, 0.15) is 18.1 Å². The van der Waals surface area contributed by atoms with Gasteiger partial charge in [0.2, 0.25) is 0 Å². The molecular formula is C17H20O3. The highest BCUT2D eigenvalue weighted by Crippen LogP contribution is 2.27. The number of ether oxygens (including phenoxy) is 2. The summed E-state index contributed by atoms with van der Waals surface area (Å²) in [5, 5.41) is 9.76. The predicted octanol–water partition coefficient (Wildman–Crippen LogP) is 3.64. The van der Waals surface area contributed by atoms with Crippen molar-refractivity contribution in [2.75, 3.05) is 7.11 Å². The first-order valence-electron chi connectivity index (χ1n) is 6.64. The van der Waals surface area contributed by atoms with Gasteiger partial charge in [-0.3, -0.25) is 0 Å². The Morgan fingerprint density at radius 3 is 2.40 bits per heavy atom. The molecule has 0 aliphatic carbocycles. The Balaban J connectivity index is 2.11. The van der Waals surface area contributed by atoms with Crippen LogP contribution in [-0.2, 0) is 6.61 Å². The fraction of sp³-hybridized carbons (Fsp3) is 0.294. The Bertz CT molecular complexity index is 559. The van der Waals surface area contributed by atoms with Crippen molar-refractivity contribution in [3.63, 3.8) is 0 Å². The third kappa shape index (κ3) is 3.52. The van der Waals surface area contributed by atoms with Crippen LogP contribution in [-0.4, -0.2) is 12.2 Å². The van der Waals surface area contributed by atoms with Crippen LogP contribution in [0.1, 0.15) is 29.7 Å². The predicted molar refractivity (Wildman–Crippen MR) is 79.1 cm³/mol. The molecular weight excluding hydrogens is 252 g/mol. The molecule has 3 nitrogen and oxygen atoms in total. The number of aliphatic hydroxyl groups is 1. The molecule has 0 radical (unpaired) electrons. The van der Waals surface area contributed by atoms with Crippen molar-refractivity contribution in [1.82, 2.24) is 0 Å². The molecule has 0 saturated carbocycles. The molecule has 0 spiro atoms. The molecule has 2 aromatic rings. The second kappa shape index (κ2) is 6.44. The Labute approximate surface area is 119 Å². The summed E-state index contributed by atoms with van der Waals surface area (Å²) in [4.78, 5) is 0. The molecule has 0 aromatic heterocycles. The third-order valence-electron chi connectivity index (χ3n) is 3.17. The molecule has 2 aromatic carbocycles. The molecule has 20 heavy (non-hydrogen) atoms. The molecule has 0 saturated heterocycles. The summed E-state index contributed by atoms with van der Waals surface area (Å²) in [5.41, 5.74) is 2.98. The Hall–Kier alpha value is -2.00. The molecule has 0 aliphatic rings. The van der Waals surface area contributed by atoms with E-state index >= 15 is 0 Å². The lowest BCUT2D eigenvalue weighted by Gasteiger charge is -2.14. The lowest BCUT2D eigenvalue weighted by molar-refractivity contribution is 0.190. The van der Waals surface area contributed by atoms with Gasteiger partial charge in [0, 0.05) is 5.56 Å². The van der Waals surface area contributed by atoms with E-state index in [0.717, 1.165) is 28.2 Å². The quantitative estimate of drug-likeness (QED) is 0.903. The van der Waals surface area contributed by atoms with E-state index in [1.807, 2.05) is 49.4 Å². The number of hydrogen-bond donors (Lipinski definition) is 1. The molecule has 3 heteroatoms. The van der Waals surface area contributed by atoms with Crippen LogP contribution in [0.4, 0.5) is 0 Å². The van der Waals surface area contributed by atoms with E-state index < -0.39 is 6.10 Å². The molecule has 0 amide bonds. The van der Waals surface area contributed by atoms with E-state index in [0.29, 0.717) is 6.61 Å². The van der Waals surface area contributed by atoms with Gasteiger partial charge in [0.05, 0.1) is 13.2 Å². The van der Waals surface area contributed by atoms with Crippen LogP contribution < -0.4 is 9.47 Å². The van der Waals surface area contributed by atoms with Crippen molar-refractivity contribution in [2.45, 2.75) is 26.6 Å². The molecule has 1 atom stereocenters. The van der Waals surface area contributed by atoms with Crippen LogP contribution in [0.25, 0.3) is 0 Å². The van der Waals surface area contributed by atoms with Gasteiger partial charge in [0.25, 0.3) is 0 Å². The topological polar surface area (TPSA) is 38.7 Å². The average Bonchev–Trinajstić information content (AvgIpc) is 2.45. The Kier molecular flexibility index (Phi) is 4.64. The fourth-order valence-electron chi connectivity index (χ4n) is 1.99. The van der Waals surface area contributed by atoms with Crippen LogP contribution in [0.5, 0.6) is 11.5 Å². The summed E-state index contributed by atoms with van der Waals surface area (Å²) >= 11 is 0. The fourth-order valence-corrected chi connectivity index (χ4v) is 1.99. The number of aryl methyl sites for hydroxylation is 1. The third-order valence-corrected chi connectivity index (χ3v) is 3.17. The maximum atomic E-state index is 9.76. The van der Waals surface area contributed by atoms with Gasteiger partial charge in [-0.05, 0) is 43.2 Å². The summed E-state index contributed by atoms with van der Waals surface area (Å²) in [6.07, 6.45) is -0.540. The maximum absolute atomic E-state index is 9.76. The molecule has 0 heterocycles. The van der Waals surface area contributed by atoms with E-state index in [2.05, 4.69) is 0 Å². The average molecular weight is 272 g/mol. The standard InChI is InChI=1S/C17H20O3/c1-12-4-9-16(13(2)18)17(10-12)20-11-14-5-7-15(19-3)8-6-14/h4-10,13,18H,11H2,1-3H3/t13-/m0/s1. The smallest absolute Gasteiger partial charge is 0.125 e. The number of methoxy groups -OCH3 is 1. The van der Waals surface area contributed by atoms with Crippen LogP contribution in [0, 0.1) is 6.92 Å². The highest BCUT2D eigenvalue weighted by atomic mass is 16.5. The normalized spacial score (nSPS) is 12.0. The SMILES string of the molecule is COc1ccc(COc2cc(C)ccc2[C@H](C)O)cc1. The van der Waals surface area contributed by atoms with Crippen molar-refractivity contribution < 1.29 is 14.6 Å². The Morgan fingerprint density at radius 1 is 1.10 bits per heavy atom. The van der Waals surface area contributed by atoms with E-state index in [-0.39, 0.29) is 0 Å². The molecule has 0 bridgehead atoms. The lowest BCUT2D eigenvalue weighted by atomic mass is 10.1. The van der Waals surface area contributed by atoms with Gasteiger partial charge < -0.3 is 14.6 Å². The van der Waals surface area contributed by atoms with Gasteiger partial charge in [-0.15, -0.1) is 0 Å². The van der Waals surface area contributed by atoms with Crippen molar-refractivity contribution in [1.29, 1.82) is 0 Å². The van der Waals surface area contributed by atoms with Crippen molar-refractivity contribution in [3.8, 4) is 11.5 Å². The molecule has 0 unspecified atom stereocenters. The van der Waals surface area contributed by atoms with Crippen LogP contribution >= 0.6 is 0 Å². The summed E-state index contributed by atoms with van der Waals surface area (Å²) in [6, 6.07) is 13.6. The van der Waals surface area contributed by atoms with Crippen LogP contribution in [0.2, 0.25) is 0 Å². The summed E-state index contributed by atoms with van der Waals surface area (Å²) in [7, 11) is 1.65. The first-order chi connectivity index (χ1) is 9.60. The van der Waals surface area contributed by atoms with Gasteiger partial charge >= 0.3 is 0 Å². The number of aliphatic hydroxyl groups excluding tert-OH is 1. The minimum atomic E-state index is -0.540. The van der Waals surface area contributed by atoms with Crippen LogP contribution in [0.15, 0.2) is 42.5 Å². The molecule has 0 aliphatic heterocycles. The first-order valence-corrected chi connectivity index (χ1v) is 6.64. The zero-order chi connectivity index (χ0) is 14.5. The van der Waals surface area contributed by atoms with E-state index in [9.17, 15) is 5.11 Å². The van der Waals surface area contributed by atoms with E-state index in [1.165, 1.54) is 0 Å². The summed E-state index contributed by atoms with van der Waals surface area (Å²) in [5.74, 6) is 1.56. The van der Waals surface area contributed by atoms with Gasteiger partial charge in [-0.1, -0.05) is 24.3 Å². The van der Waals surface area contributed by atoms with Gasteiger partial charge in [0.15, 0.2) is 0 Å². The zero-order valence-electron chi connectivity index (χ0n) is 12.1. The minimum Gasteiger partial charge on any atom is -0.497 e. The van der Waals surface area contributed by atoms with E-state index in [1.54, 1.807) is 14.0 Å². The molecule has 0 fully saturated rings.